The van der Waals surface area contributed by atoms with E-state index in [4.69, 9.17) is 33.0 Å². The number of hydrogen-bond donors (Lipinski definition) is 3. The molecule has 1 aliphatic heterocycles. The molecule has 0 amide bonds. The highest BCUT2D eigenvalue weighted by atomic mass is 35.5. The van der Waals surface area contributed by atoms with Gasteiger partial charge in [-0.2, -0.15) is 0 Å². The fourth-order valence-electron chi connectivity index (χ4n) is 2.29. The largest absolute Gasteiger partial charge is 0.394 e. The highest BCUT2D eigenvalue weighted by molar-refractivity contribution is 6.38. The van der Waals surface area contributed by atoms with Crippen LogP contribution >= 0.6 is 23.2 Å². The minimum atomic E-state index is -1.22. The number of aliphatic hydroxyl groups excluding tert-OH is 3. The smallest absolute Gasteiger partial charge is 0.164 e. The van der Waals surface area contributed by atoms with Gasteiger partial charge in [-0.1, -0.05) is 23.2 Å². The first-order chi connectivity index (χ1) is 9.54. The van der Waals surface area contributed by atoms with Crippen LogP contribution in [0.1, 0.15) is 6.23 Å². The average Bonchev–Trinajstić information content (AvgIpc) is 2.99. The highest BCUT2D eigenvalue weighted by Crippen LogP contribution is 2.35. The van der Waals surface area contributed by atoms with Gasteiger partial charge in [-0.25, -0.2) is 9.97 Å². The number of hydrogen-bond acceptors (Lipinski definition) is 6. The maximum atomic E-state index is 10.0. The van der Waals surface area contributed by atoms with E-state index in [1.165, 1.54) is 17.1 Å². The van der Waals surface area contributed by atoms with Gasteiger partial charge in [0.1, 0.15) is 23.8 Å². The molecule has 3 N–H and O–H groups in total. The zero-order valence-corrected chi connectivity index (χ0v) is 11.5. The van der Waals surface area contributed by atoms with E-state index in [0.717, 1.165) is 0 Å². The summed E-state index contributed by atoms with van der Waals surface area (Å²) in [5.74, 6) is 0. The van der Waals surface area contributed by atoms with Crippen molar-refractivity contribution in [2.45, 2.75) is 24.5 Å². The maximum absolute atomic E-state index is 10.0. The van der Waals surface area contributed by atoms with Gasteiger partial charge in [0.25, 0.3) is 0 Å². The third-order valence-corrected chi connectivity index (χ3v) is 3.85. The first-order valence-electron chi connectivity index (χ1n) is 5.83. The van der Waals surface area contributed by atoms with Gasteiger partial charge >= 0.3 is 0 Å². The second kappa shape index (κ2) is 5.10. The summed E-state index contributed by atoms with van der Waals surface area (Å²) in [5, 5.41) is 29.4. The molecule has 3 rings (SSSR count). The summed E-state index contributed by atoms with van der Waals surface area (Å²) in [6.07, 6.45) is -1.44. The molecule has 108 valence electrons. The van der Waals surface area contributed by atoms with E-state index in [1.54, 1.807) is 0 Å². The molecule has 0 radical (unpaired) electrons. The van der Waals surface area contributed by atoms with Crippen LogP contribution in [0.4, 0.5) is 0 Å². The molecule has 20 heavy (non-hydrogen) atoms. The fraction of sp³-hybridized carbons (Fsp3) is 0.455. The molecule has 0 aliphatic carbocycles. The standard InChI is InChI=1S/C11H11Cl2N3O4/c12-4-1-14-10(13)6-7(4)16(3-15-6)11-9(19)8(18)5(2-17)20-11/h1,3,5,8-9,11,17-19H,2H2/t5-,8-,9-,11-/m1/s1. The predicted molar refractivity (Wildman–Crippen MR) is 70.6 cm³/mol. The Morgan fingerprint density at radius 3 is 2.65 bits per heavy atom. The van der Waals surface area contributed by atoms with E-state index in [0.29, 0.717) is 16.1 Å². The molecule has 1 fully saturated rings. The van der Waals surface area contributed by atoms with Crippen LogP contribution in [0, 0.1) is 0 Å². The second-order valence-corrected chi connectivity index (χ2v) is 5.24. The molecule has 9 heteroatoms. The molecule has 0 unspecified atom stereocenters. The highest BCUT2D eigenvalue weighted by Gasteiger charge is 2.43. The molecule has 0 aromatic carbocycles. The van der Waals surface area contributed by atoms with Gasteiger partial charge in [-0.3, -0.25) is 4.57 Å². The summed E-state index contributed by atoms with van der Waals surface area (Å²) in [6, 6.07) is 0. The Hall–Kier alpha value is -0.960. The third-order valence-electron chi connectivity index (χ3n) is 3.30. The number of pyridine rings is 1. The summed E-state index contributed by atoms with van der Waals surface area (Å²) in [5.41, 5.74) is 0.818. The zero-order chi connectivity index (χ0) is 14.4. The lowest BCUT2D eigenvalue weighted by Gasteiger charge is -2.17. The number of imidazole rings is 1. The number of ether oxygens (including phenoxy) is 1. The van der Waals surface area contributed by atoms with Gasteiger partial charge in [0, 0.05) is 6.20 Å². The number of halogens is 2. The van der Waals surface area contributed by atoms with Crippen LogP contribution in [-0.4, -0.2) is 54.8 Å². The van der Waals surface area contributed by atoms with E-state index in [2.05, 4.69) is 9.97 Å². The third kappa shape index (κ3) is 1.98. The van der Waals surface area contributed by atoms with Crippen molar-refractivity contribution in [3.05, 3.63) is 22.7 Å². The Morgan fingerprint density at radius 1 is 1.25 bits per heavy atom. The number of aliphatic hydroxyl groups is 3. The number of nitrogens with zero attached hydrogens (tertiary/aromatic N) is 3. The lowest BCUT2D eigenvalue weighted by Crippen LogP contribution is -2.33. The molecular weight excluding hydrogens is 309 g/mol. The van der Waals surface area contributed by atoms with Gasteiger partial charge < -0.3 is 20.1 Å². The molecule has 2 aromatic rings. The van der Waals surface area contributed by atoms with E-state index in [1.807, 2.05) is 0 Å². The first kappa shape index (κ1) is 14.0. The van der Waals surface area contributed by atoms with Crippen molar-refractivity contribution in [1.29, 1.82) is 0 Å². The summed E-state index contributed by atoms with van der Waals surface area (Å²) < 4.78 is 6.90. The zero-order valence-electron chi connectivity index (χ0n) is 10.0. The second-order valence-electron chi connectivity index (χ2n) is 4.47. The van der Waals surface area contributed by atoms with Gasteiger partial charge in [0.15, 0.2) is 11.4 Å². The van der Waals surface area contributed by atoms with Crippen LogP contribution in [-0.2, 0) is 4.74 Å². The van der Waals surface area contributed by atoms with Crippen LogP contribution in [0.25, 0.3) is 11.0 Å². The van der Waals surface area contributed by atoms with Crippen LogP contribution < -0.4 is 0 Å². The lowest BCUT2D eigenvalue weighted by molar-refractivity contribution is -0.0508. The summed E-state index contributed by atoms with van der Waals surface area (Å²) in [7, 11) is 0. The SMILES string of the molecule is OC[C@H]1O[C@@H](n2cnc3c(Cl)ncc(Cl)c32)[C@H](O)[C@@H]1O. The van der Waals surface area contributed by atoms with Crippen LogP contribution in [0.3, 0.4) is 0 Å². The van der Waals surface area contributed by atoms with Gasteiger partial charge in [0.05, 0.1) is 23.5 Å². The molecule has 0 spiro atoms. The summed E-state index contributed by atoms with van der Waals surface area (Å²) in [6.45, 7) is -0.405. The molecule has 1 aliphatic rings. The summed E-state index contributed by atoms with van der Waals surface area (Å²) in [4.78, 5) is 7.96. The minimum Gasteiger partial charge on any atom is -0.394 e. The predicted octanol–water partition coefficient (Wildman–Crippen LogP) is 0.350. The van der Waals surface area contributed by atoms with Crippen LogP contribution in [0.5, 0.6) is 0 Å². The minimum absolute atomic E-state index is 0.176. The molecule has 1 saturated heterocycles. The lowest BCUT2D eigenvalue weighted by atomic mass is 10.1. The van der Waals surface area contributed by atoms with E-state index < -0.39 is 31.1 Å². The normalized spacial score (nSPS) is 30.2. The van der Waals surface area contributed by atoms with E-state index in [9.17, 15) is 10.2 Å². The van der Waals surface area contributed by atoms with Crippen LogP contribution in [0.15, 0.2) is 12.5 Å². The molecule has 0 saturated carbocycles. The molecule has 7 nitrogen and oxygen atoms in total. The quantitative estimate of drug-likeness (QED) is 0.690. The molecule has 0 bridgehead atoms. The van der Waals surface area contributed by atoms with E-state index in [-0.39, 0.29) is 5.15 Å². The monoisotopic (exact) mass is 319 g/mol. The maximum Gasteiger partial charge on any atom is 0.164 e. The Labute approximate surface area is 123 Å². The topological polar surface area (TPSA) is 101 Å². The van der Waals surface area contributed by atoms with Crippen molar-refractivity contribution in [2.75, 3.05) is 6.61 Å². The summed E-state index contributed by atoms with van der Waals surface area (Å²) >= 11 is 12.0. The van der Waals surface area contributed by atoms with Crippen molar-refractivity contribution >= 4 is 34.2 Å². The number of aromatic nitrogens is 3. The van der Waals surface area contributed by atoms with Gasteiger partial charge in [-0.05, 0) is 0 Å². The van der Waals surface area contributed by atoms with Crippen molar-refractivity contribution < 1.29 is 20.1 Å². The Morgan fingerprint density at radius 2 is 2.00 bits per heavy atom. The van der Waals surface area contributed by atoms with Crippen molar-refractivity contribution in [3.8, 4) is 0 Å². The fourth-order valence-corrected chi connectivity index (χ4v) is 2.71. The Balaban J connectivity index is 2.10. The van der Waals surface area contributed by atoms with Crippen LogP contribution in [0.2, 0.25) is 10.2 Å². The van der Waals surface area contributed by atoms with Crippen molar-refractivity contribution in [3.63, 3.8) is 0 Å². The number of fused-ring (bicyclic) bond motifs is 1. The average molecular weight is 320 g/mol. The Kier molecular flexibility index (Phi) is 3.57. The molecular formula is C11H11Cl2N3O4. The van der Waals surface area contributed by atoms with Gasteiger partial charge in [-0.15, -0.1) is 0 Å². The van der Waals surface area contributed by atoms with Crippen molar-refractivity contribution in [2.24, 2.45) is 0 Å². The first-order valence-corrected chi connectivity index (χ1v) is 6.59. The molecule has 2 aromatic heterocycles. The van der Waals surface area contributed by atoms with Crippen molar-refractivity contribution in [1.82, 2.24) is 14.5 Å². The molecule has 4 atom stereocenters. The van der Waals surface area contributed by atoms with E-state index >= 15 is 0 Å². The number of rotatable bonds is 2. The van der Waals surface area contributed by atoms with Gasteiger partial charge in [0.2, 0.25) is 0 Å². The molecule has 3 heterocycles. The Bertz CT molecular complexity index is 650.